The van der Waals surface area contributed by atoms with E-state index in [1.165, 1.54) is 0 Å². The number of carbonyl (C=O) groups is 1. The summed E-state index contributed by atoms with van der Waals surface area (Å²) < 4.78 is 5.48. The van der Waals surface area contributed by atoms with E-state index in [4.69, 9.17) is 4.74 Å². The van der Waals surface area contributed by atoms with Crippen LogP contribution in [0.5, 0.6) is 0 Å². The molecule has 0 saturated carbocycles. The molecule has 2 heterocycles. The summed E-state index contributed by atoms with van der Waals surface area (Å²) in [5.74, 6) is 0.333. The van der Waals surface area contributed by atoms with Crippen LogP contribution in [0, 0.1) is 0 Å². The van der Waals surface area contributed by atoms with Crippen molar-refractivity contribution in [3.05, 3.63) is 0 Å². The molecule has 0 radical (unpaired) electrons. The molecule has 0 aromatic carbocycles. The van der Waals surface area contributed by atoms with Gasteiger partial charge in [-0.05, 0) is 39.7 Å². The monoisotopic (exact) mass is 283 g/mol. The molecule has 20 heavy (non-hydrogen) atoms. The fourth-order valence-corrected chi connectivity index (χ4v) is 2.98. The number of ether oxygens (including phenoxy) is 1. The maximum Gasteiger partial charge on any atom is 0.240 e. The first kappa shape index (κ1) is 15.7. The number of nitrogens with zero attached hydrogens (tertiary/aromatic N) is 2. The summed E-state index contributed by atoms with van der Waals surface area (Å²) >= 11 is 0. The van der Waals surface area contributed by atoms with Crippen LogP contribution < -0.4 is 5.32 Å². The minimum absolute atomic E-state index is 0.0979. The van der Waals surface area contributed by atoms with Gasteiger partial charge in [0, 0.05) is 39.8 Å². The van der Waals surface area contributed by atoms with Gasteiger partial charge in [-0.25, -0.2) is 0 Å². The fraction of sp³-hybridized carbons (Fsp3) is 0.933. The second-order valence-electron chi connectivity index (χ2n) is 6.48. The Bertz CT molecular complexity index is 327. The Hall–Kier alpha value is -0.650. The third-order valence-electron chi connectivity index (χ3n) is 4.63. The van der Waals surface area contributed by atoms with Crippen molar-refractivity contribution in [1.29, 1.82) is 0 Å². The van der Waals surface area contributed by atoms with Crippen LogP contribution in [0.3, 0.4) is 0 Å². The molecule has 5 heteroatoms. The Balaban J connectivity index is 1.88. The van der Waals surface area contributed by atoms with Crippen LogP contribution in [-0.4, -0.2) is 73.7 Å². The average molecular weight is 283 g/mol. The van der Waals surface area contributed by atoms with Gasteiger partial charge in [0.15, 0.2) is 0 Å². The molecule has 0 bridgehead atoms. The van der Waals surface area contributed by atoms with E-state index in [1.807, 2.05) is 4.90 Å². The van der Waals surface area contributed by atoms with Gasteiger partial charge in [-0.15, -0.1) is 0 Å². The number of hydrogen-bond donors (Lipinski definition) is 1. The smallest absolute Gasteiger partial charge is 0.240 e. The zero-order valence-corrected chi connectivity index (χ0v) is 13.2. The molecular formula is C15H29N3O2. The summed E-state index contributed by atoms with van der Waals surface area (Å²) in [6.45, 7) is 9.77. The molecule has 0 aliphatic carbocycles. The van der Waals surface area contributed by atoms with Crippen molar-refractivity contribution in [3.63, 3.8) is 0 Å². The molecule has 2 aliphatic heterocycles. The maximum absolute atomic E-state index is 12.6. The lowest BCUT2D eigenvalue weighted by atomic mass is 10.0. The van der Waals surface area contributed by atoms with Crippen molar-refractivity contribution in [2.24, 2.45) is 0 Å². The highest BCUT2D eigenvalue weighted by atomic mass is 16.5. The number of methoxy groups -OCH3 is 1. The first-order chi connectivity index (χ1) is 9.53. The number of nitrogens with one attached hydrogen (secondary N) is 1. The molecule has 5 nitrogen and oxygen atoms in total. The molecule has 1 N–H and O–H groups in total. The zero-order valence-electron chi connectivity index (χ0n) is 13.2. The van der Waals surface area contributed by atoms with E-state index in [-0.39, 0.29) is 11.6 Å². The molecule has 0 aromatic heterocycles. The van der Waals surface area contributed by atoms with Gasteiger partial charge >= 0.3 is 0 Å². The molecule has 2 saturated heterocycles. The van der Waals surface area contributed by atoms with Gasteiger partial charge in [0.2, 0.25) is 5.91 Å². The molecule has 0 spiro atoms. The van der Waals surface area contributed by atoms with E-state index < -0.39 is 0 Å². The number of carbonyl (C=O) groups excluding carboxylic acids is 1. The van der Waals surface area contributed by atoms with Gasteiger partial charge in [-0.2, -0.15) is 0 Å². The van der Waals surface area contributed by atoms with Crippen molar-refractivity contribution >= 4 is 5.91 Å². The third kappa shape index (κ3) is 3.93. The summed E-state index contributed by atoms with van der Waals surface area (Å²) in [5.41, 5.74) is -0.106. The third-order valence-corrected chi connectivity index (χ3v) is 4.63. The number of amides is 1. The number of piperazine rings is 1. The predicted molar refractivity (Wildman–Crippen MR) is 79.7 cm³/mol. The topological polar surface area (TPSA) is 44.8 Å². The molecule has 2 rings (SSSR count). The van der Waals surface area contributed by atoms with Crippen LogP contribution in [0.1, 0.15) is 33.1 Å². The summed E-state index contributed by atoms with van der Waals surface area (Å²) in [7, 11) is 1.76. The number of likely N-dealkylation sites (tertiary alicyclic amines) is 1. The van der Waals surface area contributed by atoms with Crippen molar-refractivity contribution in [2.45, 2.75) is 44.8 Å². The lowest BCUT2D eigenvalue weighted by Crippen LogP contribution is -2.52. The van der Waals surface area contributed by atoms with Crippen LogP contribution >= 0.6 is 0 Å². The molecule has 2 aliphatic rings. The van der Waals surface area contributed by atoms with Gasteiger partial charge in [-0.1, -0.05) is 0 Å². The Labute approximate surface area is 122 Å². The van der Waals surface area contributed by atoms with Crippen molar-refractivity contribution < 1.29 is 9.53 Å². The SMILES string of the molecule is COC(C)(C)CCN1CCCC1C(=O)N1CCNCC1. The van der Waals surface area contributed by atoms with Crippen LogP contribution in [0.15, 0.2) is 0 Å². The van der Waals surface area contributed by atoms with Gasteiger partial charge in [0.25, 0.3) is 0 Å². The number of hydrogen-bond acceptors (Lipinski definition) is 4. The Morgan fingerprint density at radius 1 is 1.30 bits per heavy atom. The Kier molecular flexibility index (Phi) is 5.41. The van der Waals surface area contributed by atoms with E-state index in [2.05, 4.69) is 24.1 Å². The summed E-state index contributed by atoms with van der Waals surface area (Å²) in [4.78, 5) is 17.0. The molecular weight excluding hydrogens is 254 g/mol. The first-order valence-corrected chi connectivity index (χ1v) is 7.82. The van der Waals surface area contributed by atoms with E-state index >= 15 is 0 Å². The maximum atomic E-state index is 12.6. The highest BCUT2D eigenvalue weighted by Gasteiger charge is 2.34. The van der Waals surface area contributed by atoms with Crippen molar-refractivity contribution in [3.8, 4) is 0 Å². The van der Waals surface area contributed by atoms with Crippen molar-refractivity contribution in [1.82, 2.24) is 15.1 Å². The fourth-order valence-electron chi connectivity index (χ4n) is 2.98. The lowest BCUT2D eigenvalue weighted by molar-refractivity contribution is -0.136. The predicted octanol–water partition coefficient (Wildman–Crippen LogP) is 0.698. The van der Waals surface area contributed by atoms with Gasteiger partial charge in [-0.3, -0.25) is 9.69 Å². The zero-order chi connectivity index (χ0) is 14.6. The van der Waals surface area contributed by atoms with E-state index in [9.17, 15) is 4.79 Å². The first-order valence-electron chi connectivity index (χ1n) is 7.82. The quantitative estimate of drug-likeness (QED) is 0.807. The normalized spacial score (nSPS) is 25.1. The molecule has 116 valence electrons. The molecule has 1 amide bonds. The second-order valence-corrected chi connectivity index (χ2v) is 6.48. The van der Waals surface area contributed by atoms with Crippen molar-refractivity contribution in [2.75, 3.05) is 46.4 Å². The highest BCUT2D eigenvalue weighted by molar-refractivity contribution is 5.82. The Morgan fingerprint density at radius 2 is 2.00 bits per heavy atom. The molecule has 1 atom stereocenters. The van der Waals surface area contributed by atoms with Crippen LogP contribution in [-0.2, 0) is 9.53 Å². The molecule has 0 aromatic rings. The van der Waals surface area contributed by atoms with Gasteiger partial charge < -0.3 is 15.0 Å². The van der Waals surface area contributed by atoms with E-state index in [0.29, 0.717) is 5.91 Å². The largest absolute Gasteiger partial charge is 0.379 e. The number of rotatable bonds is 5. The second kappa shape index (κ2) is 6.87. The summed E-state index contributed by atoms with van der Waals surface area (Å²) in [5, 5.41) is 3.30. The average Bonchev–Trinajstić information content (AvgIpc) is 2.94. The molecule has 1 unspecified atom stereocenters. The summed E-state index contributed by atoms with van der Waals surface area (Å²) in [6.07, 6.45) is 3.11. The van der Waals surface area contributed by atoms with Gasteiger partial charge in [0.1, 0.15) is 0 Å². The van der Waals surface area contributed by atoms with Crippen LogP contribution in [0.4, 0.5) is 0 Å². The highest BCUT2D eigenvalue weighted by Crippen LogP contribution is 2.22. The minimum atomic E-state index is -0.106. The molecule has 2 fully saturated rings. The van der Waals surface area contributed by atoms with Crippen LogP contribution in [0.25, 0.3) is 0 Å². The lowest BCUT2D eigenvalue weighted by Gasteiger charge is -2.34. The van der Waals surface area contributed by atoms with Gasteiger partial charge in [0.05, 0.1) is 11.6 Å². The minimum Gasteiger partial charge on any atom is -0.379 e. The van der Waals surface area contributed by atoms with E-state index in [1.54, 1.807) is 7.11 Å². The Morgan fingerprint density at radius 3 is 2.65 bits per heavy atom. The summed E-state index contributed by atoms with van der Waals surface area (Å²) in [6, 6.07) is 0.0979. The van der Waals surface area contributed by atoms with E-state index in [0.717, 1.165) is 58.5 Å². The standard InChI is InChI=1S/C15H29N3O2/c1-15(2,20-3)6-10-17-9-4-5-13(17)14(19)18-11-7-16-8-12-18/h13,16H,4-12H2,1-3H3. The van der Waals surface area contributed by atoms with Crippen LogP contribution in [0.2, 0.25) is 0 Å².